The fourth-order valence-corrected chi connectivity index (χ4v) is 3.23. The molecule has 158 valence electrons. The first-order valence-corrected chi connectivity index (χ1v) is 9.50. The molecule has 0 radical (unpaired) electrons. The molecule has 3 heterocycles. The van der Waals surface area contributed by atoms with Gasteiger partial charge in [0.2, 0.25) is 0 Å². The molecule has 1 fully saturated rings. The topological polar surface area (TPSA) is 82.4 Å². The molecule has 1 unspecified atom stereocenters. The van der Waals surface area contributed by atoms with Crippen LogP contribution in [-0.2, 0) is 6.18 Å². The molecule has 0 saturated carbocycles. The lowest BCUT2D eigenvalue weighted by Gasteiger charge is -2.26. The van der Waals surface area contributed by atoms with Crippen molar-refractivity contribution in [1.29, 1.82) is 0 Å². The van der Waals surface area contributed by atoms with E-state index in [0.29, 0.717) is 25.5 Å². The van der Waals surface area contributed by atoms with Crippen molar-refractivity contribution in [3.8, 4) is 0 Å². The number of amides is 2. The number of carbonyl (C=O) groups is 1. The van der Waals surface area contributed by atoms with E-state index >= 15 is 0 Å². The number of aromatic nitrogens is 1. The molecular formula is C19H24F3N5O2. The SMILES string of the molecule is O=C(NCCNc1ccc(C(F)(F)F)cn1)NCC(c1ccco1)N1CCCC1. The van der Waals surface area contributed by atoms with Crippen LogP contribution in [-0.4, -0.2) is 48.6 Å². The fourth-order valence-electron chi connectivity index (χ4n) is 3.23. The molecule has 3 N–H and O–H groups in total. The van der Waals surface area contributed by atoms with Crippen molar-refractivity contribution >= 4 is 11.8 Å². The average Bonchev–Trinajstić information content (AvgIpc) is 3.40. The maximum absolute atomic E-state index is 12.5. The predicted molar refractivity (Wildman–Crippen MR) is 101 cm³/mol. The Morgan fingerprint density at radius 3 is 2.59 bits per heavy atom. The minimum atomic E-state index is -4.41. The van der Waals surface area contributed by atoms with E-state index in [1.807, 2.05) is 12.1 Å². The summed E-state index contributed by atoms with van der Waals surface area (Å²) < 4.78 is 43.0. The Bertz CT molecular complexity index is 759. The summed E-state index contributed by atoms with van der Waals surface area (Å²) in [7, 11) is 0. The van der Waals surface area contributed by atoms with Gasteiger partial charge >= 0.3 is 12.2 Å². The molecule has 1 aliphatic heterocycles. The molecule has 0 bridgehead atoms. The zero-order chi connectivity index (χ0) is 20.7. The maximum atomic E-state index is 12.5. The van der Waals surface area contributed by atoms with E-state index in [1.165, 1.54) is 6.07 Å². The summed E-state index contributed by atoms with van der Waals surface area (Å²) in [4.78, 5) is 18.1. The molecular weight excluding hydrogens is 387 g/mol. The second-order valence-electron chi connectivity index (χ2n) is 6.77. The quantitative estimate of drug-likeness (QED) is 0.581. The molecule has 2 aromatic heterocycles. The summed E-state index contributed by atoms with van der Waals surface area (Å²) in [6.07, 6.45) is 0.253. The van der Waals surface area contributed by atoms with Crippen molar-refractivity contribution in [3.63, 3.8) is 0 Å². The first-order valence-electron chi connectivity index (χ1n) is 9.50. The van der Waals surface area contributed by atoms with Crippen molar-refractivity contribution in [2.45, 2.75) is 25.1 Å². The second kappa shape index (κ2) is 9.64. The molecule has 1 atom stereocenters. The van der Waals surface area contributed by atoms with Gasteiger partial charge in [-0.2, -0.15) is 13.2 Å². The van der Waals surface area contributed by atoms with Crippen LogP contribution in [0.2, 0.25) is 0 Å². The van der Waals surface area contributed by atoms with Gasteiger partial charge in [-0.1, -0.05) is 0 Å². The number of urea groups is 1. The van der Waals surface area contributed by atoms with Crippen LogP contribution in [0.5, 0.6) is 0 Å². The molecule has 0 spiro atoms. The zero-order valence-corrected chi connectivity index (χ0v) is 15.8. The molecule has 10 heteroatoms. The molecule has 2 amide bonds. The average molecular weight is 411 g/mol. The number of nitrogens with one attached hydrogen (secondary N) is 3. The molecule has 1 saturated heterocycles. The molecule has 29 heavy (non-hydrogen) atoms. The molecule has 1 aliphatic rings. The van der Waals surface area contributed by atoms with Crippen molar-refractivity contribution in [1.82, 2.24) is 20.5 Å². The Morgan fingerprint density at radius 2 is 1.97 bits per heavy atom. The predicted octanol–water partition coefficient (Wildman–Crippen LogP) is 3.24. The highest BCUT2D eigenvalue weighted by molar-refractivity contribution is 5.73. The monoisotopic (exact) mass is 411 g/mol. The highest BCUT2D eigenvalue weighted by atomic mass is 19.4. The lowest BCUT2D eigenvalue weighted by molar-refractivity contribution is -0.137. The summed E-state index contributed by atoms with van der Waals surface area (Å²) in [6, 6.07) is 5.63. The summed E-state index contributed by atoms with van der Waals surface area (Å²) in [5.74, 6) is 1.13. The van der Waals surface area contributed by atoms with Gasteiger partial charge in [0.05, 0.1) is 17.9 Å². The van der Waals surface area contributed by atoms with Gasteiger partial charge < -0.3 is 20.4 Å². The van der Waals surface area contributed by atoms with Crippen LogP contribution in [0.25, 0.3) is 0 Å². The molecule has 7 nitrogen and oxygen atoms in total. The number of nitrogens with zero attached hydrogens (tertiary/aromatic N) is 2. The number of furan rings is 1. The van der Waals surface area contributed by atoms with Crippen LogP contribution in [0.4, 0.5) is 23.8 Å². The summed E-state index contributed by atoms with van der Waals surface area (Å²) >= 11 is 0. The van der Waals surface area contributed by atoms with E-state index in [0.717, 1.165) is 44.0 Å². The van der Waals surface area contributed by atoms with Crippen molar-refractivity contribution in [2.75, 3.05) is 38.0 Å². The standard InChI is InChI=1S/C19H24F3N5O2/c20-19(21,22)14-5-6-17(25-12-14)23-7-8-24-18(28)26-13-15(16-4-3-11-29-16)27-9-1-2-10-27/h3-6,11-12,15H,1-2,7-10,13H2,(H,23,25)(H2,24,26,28). The van der Waals surface area contributed by atoms with Gasteiger partial charge in [-0.25, -0.2) is 9.78 Å². The second-order valence-corrected chi connectivity index (χ2v) is 6.77. The van der Waals surface area contributed by atoms with E-state index in [9.17, 15) is 18.0 Å². The number of pyridine rings is 1. The number of hydrogen-bond donors (Lipinski definition) is 3. The third kappa shape index (κ3) is 6.11. The van der Waals surface area contributed by atoms with Gasteiger partial charge in [-0.05, 0) is 50.2 Å². The number of carbonyl (C=O) groups excluding carboxylic acids is 1. The van der Waals surface area contributed by atoms with E-state index in [2.05, 4.69) is 25.8 Å². The Hall–Kier alpha value is -2.75. The third-order valence-electron chi connectivity index (χ3n) is 4.72. The first-order chi connectivity index (χ1) is 13.9. The summed E-state index contributed by atoms with van der Waals surface area (Å²) in [5, 5.41) is 8.43. The van der Waals surface area contributed by atoms with Gasteiger partial charge in [0.15, 0.2) is 0 Å². The number of halogens is 3. The minimum Gasteiger partial charge on any atom is -0.468 e. The Morgan fingerprint density at radius 1 is 1.17 bits per heavy atom. The normalized spacial score (nSPS) is 15.8. The number of alkyl halides is 3. The van der Waals surface area contributed by atoms with Gasteiger partial charge in [0, 0.05) is 25.8 Å². The van der Waals surface area contributed by atoms with Crippen LogP contribution in [0.15, 0.2) is 41.1 Å². The van der Waals surface area contributed by atoms with Gasteiger partial charge in [-0.3, -0.25) is 4.90 Å². The largest absolute Gasteiger partial charge is 0.468 e. The van der Waals surface area contributed by atoms with Crippen molar-refractivity contribution in [2.24, 2.45) is 0 Å². The van der Waals surface area contributed by atoms with Crippen molar-refractivity contribution < 1.29 is 22.4 Å². The minimum absolute atomic E-state index is 0.00674. The van der Waals surface area contributed by atoms with Crippen LogP contribution in [0, 0.1) is 0 Å². The van der Waals surface area contributed by atoms with Crippen LogP contribution >= 0.6 is 0 Å². The van der Waals surface area contributed by atoms with Crippen LogP contribution in [0.3, 0.4) is 0 Å². The van der Waals surface area contributed by atoms with E-state index in [-0.39, 0.29) is 12.1 Å². The van der Waals surface area contributed by atoms with Gasteiger partial charge in [0.25, 0.3) is 0 Å². The van der Waals surface area contributed by atoms with Gasteiger partial charge in [-0.15, -0.1) is 0 Å². The fraction of sp³-hybridized carbons (Fsp3) is 0.474. The zero-order valence-electron chi connectivity index (χ0n) is 15.8. The third-order valence-corrected chi connectivity index (χ3v) is 4.72. The number of anilines is 1. The van der Waals surface area contributed by atoms with E-state index < -0.39 is 11.7 Å². The smallest absolute Gasteiger partial charge is 0.417 e. The maximum Gasteiger partial charge on any atom is 0.417 e. The number of hydrogen-bond acceptors (Lipinski definition) is 5. The Kier molecular flexibility index (Phi) is 6.97. The van der Waals surface area contributed by atoms with E-state index in [4.69, 9.17) is 4.42 Å². The van der Waals surface area contributed by atoms with Crippen LogP contribution in [0.1, 0.15) is 30.2 Å². The number of rotatable bonds is 8. The van der Waals surface area contributed by atoms with Gasteiger partial charge in [0.1, 0.15) is 11.6 Å². The Balaban J connectivity index is 1.38. The summed E-state index contributed by atoms with van der Waals surface area (Å²) in [5.41, 5.74) is -0.801. The first kappa shape index (κ1) is 21.0. The Labute approximate surface area is 166 Å². The molecule has 2 aromatic rings. The lowest BCUT2D eigenvalue weighted by atomic mass is 10.2. The van der Waals surface area contributed by atoms with Crippen molar-refractivity contribution in [3.05, 3.63) is 48.0 Å². The highest BCUT2D eigenvalue weighted by Gasteiger charge is 2.30. The number of likely N-dealkylation sites (tertiary alicyclic amines) is 1. The molecule has 0 aliphatic carbocycles. The van der Waals surface area contributed by atoms with E-state index in [1.54, 1.807) is 6.26 Å². The summed E-state index contributed by atoms with van der Waals surface area (Å²) in [6.45, 7) is 2.99. The van der Waals surface area contributed by atoms with Crippen LogP contribution < -0.4 is 16.0 Å². The molecule has 0 aromatic carbocycles. The lowest BCUT2D eigenvalue weighted by Crippen LogP contribution is -2.42. The highest BCUT2D eigenvalue weighted by Crippen LogP contribution is 2.28. The molecule has 3 rings (SSSR count).